The highest BCUT2D eigenvalue weighted by Crippen LogP contribution is 2.38. The fourth-order valence-electron chi connectivity index (χ4n) is 3.76. The lowest BCUT2D eigenvalue weighted by Crippen LogP contribution is -2.30. The van der Waals surface area contributed by atoms with Crippen LogP contribution in [0.1, 0.15) is 46.3 Å². The minimum absolute atomic E-state index is 0.0118. The maximum atomic E-state index is 13.3. The number of hydrogen-bond donors (Lipinski definition) is 2. The summed E-state index contributed by atoms with van der Waals surface area (Å²) in [6.07, 6.45) is -0.810. The zero-order valence-electron chi connectivity index (χ0n) is 18.7. The zero-order chi connectivity index (χ0) is 26.2. The van der Waals surface area contributed by atoms with Gasteiger partial charge in [-0.25, -0.2) is 4.98 Å². The van der Waals surface area contributed by atoms with Crippen molar-refractivity contribution < 1.29 is 27.6 Å². The van der Waals surface area contributed by atoms with Crippen LogP contribution in [0.4, 0.5) is 18.9 Å². The summed E-state index contributed by atoms with van der Waals surface area (Å²) in [4.78, 5) is 29.7. The van der Waals surface area contributed by atoms with Gasteiger partial charge < -0.3 is 14.9 Å². The number of rotatable bonds is 6. The van der Waals surface area contributed by atoms with E-state index in [0.29, 0.717) is 11.8 Å². The van der Waals surface area contributed by atoms with Crippen molar-refractivity contribution in [1.29, 1.82) is 0 Å². The fraction of sp³-hybridized carbons (Fsp3) is 0.227. The smallest absolute Gasteiger partial charge is 0.419 e. The molecular weight excluding hydrogens is 505 g/mol. The lowest BCUT2D eigenvalue weighted by Gasteiger charge is -2.27. The fourth-order valence-corrected chi connectivity index (χ4v) is 4.01. The number of amides is 1. The Balaban J connectivity index is 1.85. The van der Waals surface area contributed by atoms with Crippen molar-refractivity contribution in [2.75, 3.05) is 5.32 Å². The average Bonchev–Trinajstić information content (AvgIpc) is 3.51. The van der Waals surface area contributed by atoms with Crippen molar-refractivity contribution in [2.24, 2.45) is 7.05 Å². The predicted octanol–water partition coefficient (Wildman–Crippen LogP) is 3.99. The van der Waals surface area contributed by atoms with E-state index in [4.69, 9.17) is 11.6 Å². The minimum atomic E-state index is -4.64. The van der Waals surface area contributed by atoms with E-state index in [1.165, 1.54) is 13.2 Å². The first-order valence-corrected chi connectivity index (χ1v) is 10.7. The second kappa shape index (κ2) is 9.49. The number of aromatic nitrogens is 5. The Bertz CT molecular complexity index is 1470. The summed E-state index contributed by atoms with van der Waals surface area (Å²) in [5.41, 5.74) is -1.94. The first-order valence-electron chi connectivity index (χ1n) is 10.4. The summed E-state index contributed by atoms with van der Waals surface area (Å²) in [6, 6.07) is 5.50. The van der Waals surface area contributed by atoms with E-state index in [9.17, 15) is 27.9 Å². The molecule has 0 aliphatic carbocycles. The lowest BCUT2D eigenvalue weighted by atomic mass is 9.93. The third kappa shape index (κ3) is 4.69. The normalized spacial score (nSPS) is 13.4. The summed E-state index contributed by atoms with van der Waals surface area (Å²) in [6.45, 7) is 1.59. The van der Waals surface area contributed by atoms with Gasteiger partial charge in [0.15, 0.2) is 5.69 Å². The highest BCUT2D eigenvalue weighted by molar-refractivity contribution is 6.31. The molecule has 4 aromatic rings. The molecule has 0 aliphatic heterocycles. The van der Waals surface area contributed by atoms with Gasteiger partial charge in [-0.3, -0.25) is 18.8 Å². The molecule has 188 valence electrons. The Morgan fingerprint density at radius 3 is 2.58 bits per heavy atom. The SMILES string of the molecule is C[C@H](c1nc(C(=O)Nc2cnoc2)c(O)c(=O)n1C)[C@@H](c1ccccc1Cl)n1cc(C(F)(F)F)cn1. The molecule has 36 heavy (non-hydrogen) atoms. The second-order valence-electron chi connectivity index (χ2n) is 7.86. The summed E-state index contributed by atoms with van der Waals surface area (Å²) in [7, 11) is 1.32. The predicted molar refractivity (Wildman–Crippen MR) is 121 cm³/mol. The molecule has 1 amide bonds. The Labute approximate surface area is 205 Å². The number of carbonyl (C=O) groups is 1. The van der Waals surface area contributed by atoms with Crippen molar-refractivity contribution >= 4 is 23.2 Å². The summed E-state index contributed by atoms with van der Waals surface area (Å²) >= 11 is 6.38. The van der Waals surface area contributed by atoms with Crippen molar-refractivity contribution in [1.82, 2.24) is 24.5 Å². The molecule has 0 radical (unpaired) electrons. The van der Waals surface area contributed by atoms with Crippen molar-refractivity contribution in [3.63, 3.8) is 0 Å². The van der Waals surface area contributed by atoms with Gasteiger partial charge in [-0.1, -0.05) is 41.9 Å². The summed E-state index contributed by atoms with van der Waals surface area (Å²) in [5, 5.41) is 20.3. The quantitative estimate of drug-likeness (QED) is 0.392. The van der Waals surface area contributed by atoms with Crippen LogP contribution < -0.4 is 10.9 Å². The van der Waals surface area contributed by atoms with Crippen LogP contribution >= 0.6 is 11.6 Å². The Hall–Kier alpha value is -4.13. The van der Waals surface area contributed by atoms with Gasteiger partial charge in [-0.15, -0.1) is 0 Å². The molecule has 0 bridgehead atoms. The van der Waals surface area contributed by atoms with Crippen LogP contribution in [0.25, 0.3) is 0 Å². The van der Waals surface area contributed by atoms with Gasteiger partial charge in [0, 0.05) is 24.2 Å². The third-order valence-electron chi connectivity index (χ3n) is 5.53. The number of benzene rings is 1. The number of carbonyl (C=O) groups excluding carboxylic acids is 1. The molecule has 3 aromatic heterocycles. The molecule has 14 heteroatoms. The molecule has 1 aromatic carbocycles. The molecule has 0 fully saturated rings. The van der Waals surface area contributed by atoms with Gasteiger partial charge >= 0.3 is 6.18 Å². The molecule has 0 aliphatic rings. The van der Waals surface area contributed by atoms with E-state index >= 15 is 0 Å². The summed E-state index contributed by atoms with van der Waals surface area (Å²) in [5.74, 6) is -2.70. The maximum Gasteiger partial charge on any atom is 0.419 e. The van der Waals surface area contributed by atoms with Gasteiger partial charge in [-0.2, -0.15) is 18.3 Å². The van der Waals surface area contributed by atoms with Crippen LogP contribution in [-0.2, 0) is 13.2 Å². The molecule has 4 rings (SSSR count). The number of anilines is 1. The first-order chi connectivity index (χ1) is 17.0. The molecular formula is C22H18ClF3N6O4. The molecule has 0 unspecified atom stereocenters. The molecule has 2 N–H and O–H groups in total. The van der Waals surface area contributed by atoms with Crippen molar-refractivity contribution in [2.45, 2.75) is 25.1 Å². The zero-order valence-corrected chi connectivity index (χ0v) is 19.4. The topological polar surface area (TPSA) is 128 Å². The largest absolute Gasteiger partial charge is 0.501 e. The van der Waals surface area contributed by atoms with E-state index < -0.39 is 46.6 Å². The summed E-state index contributed by atoms with van der Waals surface area (Å²) < 4.78 is 46.6. The Morgan fingerprint density at radius 1 is 1.25 bits per heavy atom. The molecule has 2 atom stereocenters. The van der Waals surface area contributed by atoms with Crippen LogP contribution in [0.3, 0.4) is 0 Å². The number of alkyl halides is 3. The Morgan fingerprint density at radius 2 is 1.97 bits per heavy atom. The van der Waals surface area contributed by atoms with E-state index in [2.05, 4.69) is 25.1 Å². The number of halogens is 4. The van der Waals surface area contributed by atoms with E-state index in [1.807, 2.05) is 0 Å². The molecule has 10 nitrogen and oxygen atoms in total. The van der Waals surface area contributed by atoms with Crippen LogP contribution in [-0.4, -0.2) is 35.5 Å². The number of nitrogens with one attached hydrogen (secondary N) is 1. The van der Waals surface area contributed by atoms with Crippen LogP contribution in [0.15, 0.2) is 58.4 Å². The molecule has 0 saturated carbocycles. The van der Waals surface area contributed by atoms with Gasteiger partial charge in [-0.05, 0) is 11.6 Å². The van der Waals surface area contributed by atoms with Crippen LogP contribution in [0, 0.1) is 0 Å². The number of hydrogen-bond acceptors (Lipinski definition) is 7. The molecule has 0 spiro atoms. The standard InChI is InChI=1S/C22H18ClF3N6O4/c1-11(17(14-5-3-4-6-15(14)23)32-9-12(7-27-32)22(24,25)26)19-30-16(18(33)21(35)31(19)2)20(34)29-13-8-28-36-10-13/h3-11,17,33H,1-2H3,(H,29,34)/t11-,17-/m0/s1. The highest BCUT2D eigenvalue weighted by Gasteiger charge is 2.35. The molecule has 3 heterocycles. The van der Waals surface area contributed by atoms with Crippen LogP contribution in [0.2, 0.25) is 5.02 Å². The lowest BCUT2D eigenvalue weighted by molar-refractivity contribution is -0.137. The second-order valence-corrected chi connectivity index (χ2v) is 8.27. The number of aromatic hydroxyl groups is 1. The number of nitrogens with zero attached hydrogens (tertiary/aromatic N) is 5. The monoisotopic (exact) mass is 522 g/mol. The van der Waals surface area contributed by atoms with E-state index in [-0.39, 0.29) is 16.5 Å². The van der Waals surface area contributed by atoms with Crippen LogP contribution in [0.5, 0.6) is 5.75 Å². The van der Waals surface area contributed by atoms with Gasteiger partial charge in [0.05, 0.1) is 24.0 Å². The molecule has 0 saturated heterocycles. The van der Waals surface area contributed by atoms with Crippen molar-refractivity contribution in [3.8, 4) is 5.75 Å². The maximum absolute atomic E-state index is 13.3. The average molecular weight is 523 g/mol. The first kappa shape index (κ1) is 25.0. The Kier molecular flexibility index (Phi) is 6.59. The minimum Gasteiger partial charge on any atom is -0.501 e. The highest BCUT2D eigenvalue weighted by atomic mass is 35.5. The van der Waals surface area contributed by atoms with Gasteiger partial charge in [0.2, 0.25) is 5.75 Å². The van der Waals surface area contributed by atoms with Gasteiger partial charge in [0.25, 0.3) is 11.5 Å². The third-order valence-corrected chi connectivity index (χ3v) is 5.87. The van der Waals surface area contributed by atoms with Gasteiger partial charge in [0.1, 0.15) is 17.8 Å². The van der Waals surface area contributed by atoms with Crippen molar-refractivity contribution in [3.05, 3.63) is 87.1 Å². The van der Waals surface area contributed by atoms with E-state index in [1.54, 1.807) is 31.2 Å². The van der Waals surface area contributed by atoms with E-state index in [0.717, 1.165) is 21.7 Å².